The van der Waals surface area contributed by atoms with E-state index in [0.29, 0.717) is 37.7 Å². The average Bonchev–Trinajstić information content (AvgIpc) is 3.52. The number of anilines is 2. The molecule has 2 aromatic rings. The van der Waals surface area contributed by atoms with Crippen LogP contribution in [0.15, 0.2) is 36.4 Å². The third kappa shape index (κ3) is 6.94. The van der Waals surface area contributed by atoms with Crippen LogP contribution in [-0.4, -0.2) is 88.6 Å². The van der Waals surface area contributed by atoms with E-state index in [1.165, 1.54) is 17.9 Å². The van der Waals surface area contributed by atoms with Crippen LogP contribution in [0.3, 0.4) is 0 Å². The van der Waals surface area contributed by atoms with E-state index < -0.39 is 13.2 Å². The Hall–Kier alpha value is -3.35. The Bertz CT molecular complexity index is 1130. The number of carbonyl (C=O) groups is 2. The van der Waals surface area contributed by atoms with Crippen molar-refractivity contribution in [3.05, 3.63) is 47.8 Å². The van der Waals surface area contributed by atoms with E-state index in [1.54, 1.807) is 19.2 Å². The van der Waals surface area contributed by atoms with Gasteiger partial charge in [0.05, 0.1) is 31.1 Å². The quantitative estimate of drug-likeness (QED) is 0.410. The van der Waals surface area contributed by atoms with Crippen LogP contribution in [0.4, 0.5) is 20.6 Å². The van der Waals surface area contributed by atoms with Crippen LogP contribution in [0, 0.1) is 5.82 Å². The van der Waals surface area contributed by atoms with Gasteiger partial charge in [-0.3, -0.25) is 14.6 Å². The van der Waals surface area contributed by atoms with Gasteiger partial charge in [-0.15, -0.1) is 0 Å². The van der Waals surface area contributed by atoms with Gasteiger partial charge in [0.1, 0.15) is 18.2 Å². The van der Waals surface area contributed by atoms with E-state index >= 15 is 0 Å². The average molecular weight is 528 g/mol. The zero-order valence-corrected chi connectivity index (χ0v) is 21.8. The molecule has 10 nitrogen and oxygen atoms in total. The Morgan fingerprint density at radius 2 is 1.92 bits per heavy atom. The molecule has 3 aliphatic heterocycles. The number of hydrogen-bond donors (Lipinski definition) is 2. The third-order valence-electron chi connectivity index (χ3n) is 6.74. The minimum Gasteiger partial charge on any atom is -0.494 e. The van der Waals surface area contributed by atoms with Gasteiger partial charge in [-0.1, -0.05) is 6.07 Å². The first-order valence-electron chi connectivity index (χ1n) is 12.8. The predicted molar refractivity (Wildman–Crippen MR) is 142 cm³/mol. The lowest BCUT2D eigenvalue weighted by atomic mass is 9.79. The molecule has 0 radical (unpaired) electrons. The second-order valence-electron chi connectivity index (χ2n) is 9.26. The molecule has 0 aromatic heterocycles. The number of piperazine rings is 1. The Balaban J connectivity index is 0.000000617. The van der Waals surface area contributed by atoms with Crippen molar-refractivity contribution in [1.82, 2.24) is 10.2 Å². The van der Waals surface area contributed by atoms with Gasteiger partial charge < -0.3 is 29.4 Å². The second kappa shape index (κ2) is 12.9. The Morgan fingerprint density at radius 1 is 1.16 bits per heavy atom. The van der Waals surface area contributed by atoms with Crippen molar-refractivity contribution in [1.29, 1.82) is 0 Å². The summed E-state index contributed by atoms with van der Waals surface area (Å²) >= 11 is 0. The van der Waals surface area contributed by atoms with Crippen LogP contribution in [0.2, 0.25) is 0 Å². The topological polar surface area (TPSA) is 104 Å². The zero-order chi connectivity index (χ0) is 27.1. The van der Waals surface area contributed by atoms with Crippen molar-refractivity contribution < 1.29 is 33.1 Å². The summed E-state index contributed by atoms with van der Waals surface area (Å²) in [4.78, 5) is 27.2. The van der Waals surface area contributed by atoms with Crippen molar-refractivity contribution in [2.75, 3.05) is 69.3 Å². The summed E-state index contributed by atoms with van der Waals surface area (Å²) in [6.07, 6.45) is 0.452. The summed E-state index contributed by atoms with van der Waals surface area (Å²) in [6.45, 7) is 7.36. The van der Waals surface area contributed by atoms with Gasteiger partial charge >= 0.3 is 13.2 Å². The molecule has 3 aliphatic rings. The number of hydrogen-bond acceptors (Lipinski definition) is 8. The maximum Gasteiger partial charge on any atom is 0.491 e. The third-order valence-corrected chi connectivity index (χ3v) is 6.74. The van der Waals surface area contributed by atoms with E-state index in [-0.39, 0.29) is 11.7 Å². The fraction of sp³-hybridized carbons (Fsp3) is 0.462. The lowest BCUT2D eigenvalue weighted by Gasteiger charge is -2.36. The Labute approximate surface area is 222 Å². The molecular weight excluding hydrogens is 494 g/mol. The Morgan fingerprint density at radius 3 is 2.58 bits per heavy atom. The van der Waals surface area contributed by atoms with Gasteiger partial charge in [0, 0.05) is 46.7 Å². The number of amides is 2. The van der Waals surface area contributed by atoms with Crippen molar-refractivity contribution in [3.63, 3.8) is 0 Å². The van der Waals surface area contributed by atoms with Crippen LogP contribution in [-0.2, 0) is 20.8 Å². The number of cyclic esters (lactones) is 1. The van der Waals surface area contributed by atoms with Gasteiger partial charge in [0.2, 0.25) is 5.91 Å². The number of rotatable bonds is 7. The highest BCUT2D eigenvalue weighted by Crippen LogP contribution is 2.27. The number of nitrogens with zero attached hydrogens (tertiary/aromatic N) is 3. The molecule has 0 unspecified atom stereocenters. The second-order valence-corrected chi connectivity index (χ2v) is 9.26. The molecule has 0 bridgehead atoms. The molecule has 12 heteroatoms. The summed E-state index contributed by atoms with van der Waals surface area (Å²) in [5.74, 6) is 0.424. The van der Waals surface area contributed by atoms with Gasteiger partial charge in [0.15, 0.2) is 0 Å². The van der Waals surface area contributed by atoms with Gasteiger partial charge in [-0.25, -0.2) is 9.18 Å². The van der Waals surface area contributed by atoms with Gasteiger partial charge in [-0.2, -0.15) is 0 Å². The number of carbonyl (C=O) groups excluding carboxylic acids is 2. The predicted octanol–water partition coefficient (Wildman–Crippen LogP) is 1.34. The van der Waals surface area contributed by atoms with E-state index in [2.05, 4.69) is 10.2 Å². The first-order valence-corrected chi connectivity index (χ1v) is 12.8. The van der Waals surface area contributed by atoms with E-state index in [1.807, 2.05) is 23.1 Å². The molecule has 38 heavy (non-hydrogen) atoms. The lowest BCUT2D eigenvalue weighted by molar-refractivity contribution is -0.118. The number of benzene rings is 2. The normalized spacial score (nSPS) is 17.1. The molecule has 0 aliphatic carbocycles. The summed E-state index contributed by atoms with van der Waals surface area (Å²) in [5.41, 5.74) is 2.88. The fourth-order valence-corrected chi connectivity index (χ4v) is 4.52. The number of ether oxygens (including phenoxy) is 2. The maximum atomic E-state index is 14.8. The van der Waals surface area contributed by atoms with Crippen molar-refractivity contribution in [3.8, 4) is 5.75 Å². The smallest absolute Gasteiger partial charge is 0.491 e. The van der Waals surface area contributed by atoms with Crippen LogP contribution in [0.25, 0.3) is 0 Å². The van der Waals surface area contributed by atoms with Crippen LogP contribution >= 0.6 is 0 Å². The van der Waals surface area contributed by atoms with Crippen LogP contribution < -0.4 is 25.3 Å². The molecule has 204 valence electrons. The molecule has 0 spiro atoms. The minimum absolute atomic E-state index is 0.00463. The molecule has 2 amide bonds. The highest BCUT2D eigenvalue weighted by Gasteiger charge is 2.28. The number of halogens is 1. The molecule has 2 N–H and O–H groups in total. The largest absolute Gasteiger partial charge is 0.494 e. The SMILES string of the molecule is CNC(C)=O.O=C1OCCN1c1ccc(N2CCN(CCCOc3ccc4c(c3)B(O)OC4)CC2)c(F)c1. The first kappa shape index (κ1) is 27.7. The van der Waals surface area contributed by atoms with Crippen LogP contribution in [0.5, 0.6) is 5.75 Å². The van der Waals surface area contributed by atoms with Gasteiger partial charge in [0.25, 0.3) is 0 Å². The number of nitrogens with one attached hydrogen (secondary N) is 1. The fourth-order valence-electron chi connectivity index (χ4n) is 4.52. The monoisotopic (exact) mass is 528 g/mol. The molecule has 0 saturated carbocycles. The van der Waals surface area contributed by atoms with Crippen molar-refractivity contribution >= 4 is 36.0 Å². The molecule has 2 saturated heterocycles. The molecule has 5 rings (SSSR count). The molecule has 2 fully saturated rings. The van der Waals surface area contributed by atoms with Gasteiger partial charge in [-0.05, 0) is 47.8 Å². The summed E-state index contributed by atoms with van der Waals surface area (Å²) in [5, 5.41) is 12.2. The zero-order valence-electron chi connectivity index (χ0n) is 21.8. The number of fused-ring (bicyclic) bond motifs is 1. The van der Waals surface area contributed by atoms with Crippen molar-refractivity contribution in [2.24, 2.45) is 0 Å². The summed E-state index contributed by atoms with van der Waals surface area (Å²) in [7, 11) is 0.736. The first-order chi connectivity index (χ1) is 18.4. The van der Waals surface area contributed by atoms with Crippen molar-refractivity contribution in [2.45, 2.75) is 20.0 Å². The molecular formula is C26H34BFN4O6. The Kier molecular flexibility index (Phi) is 9.43. The van der Waals surface area contributed by atoms with E-state index in [9.17, 15) is 19.0 Å². The van der Waals surface area contributed by atoms with E-state index in [0.717, 1.165) is 55.9 Å². The lowest BCUT2D eigenvalue weighted by Crippen LogP contribution is -2.47. The summed E-state index contributed by atoms with van der Waals surface area (Å²) < 4.78 is 30.7. The van der Waals surface area contributed by atoms with Crippen LogP contribution in [0.1, 0.15) is 18.9 Å². The molecule has 2 aromatic carbocycles. The highest BCUT2D eigenvalue weighted by molar-refractivity contribution is 6.61. The van der Waals surface area contributed by atoms with E-state index in [4.69, 9.17) is 14.1 Å². The summed E-state index contributed by atoms with van der Waals surface area (Å²) in [6, 6.07) is 10.6. The highest BCUT2D eigenvalue weighted by atomic mass is 19.1. The maximum absolute atomic E-state index is 14.8. The molecule has 0 atom stereocenters. The minimum atomic E-state index is -0.863. The standard InChI is InChI=1S/C23H27BFN3O5.C3H7NO/c25-21-14-18(28-11-13-32-23(28)29)3-5-22(21)27-9-7-26(8-10-27)6-1-12-31-19-4-2-17-16-33-24(30)20(17)15-19;1-3(5)4-2/h2-5,14-15,30H,1,6-13,16H2;1-2H3,(H,4,5). The molecule has 3 heterocycles.